The highest BCUT2D eigenvalue weighted by molar-refractivity contribution is 6.30. The molecule has 6 nitrogen and oxygen atoms in total. The summed E-state index contributed by atoms with van der Waals surface area (Å²) in [6.07, 6.45) is 1.52. The number of carbonyl (C=O) groups is 1. The number of amides is 1. The van der Waals surface area contributed by atoms with Crippen molar-refractivity contribution in [2.45, 2.75) is 0 Å². The second-order valence-corrected chi connectivity index (χ2v) is 2.88. The second-order valence-electron chi connectivity index (χ2n) is 2.44. The highest BCUT2D eigenvalue weighted by Gasteiger charge is 2.05. The predicted molar refractivity (Wildman–Crippen MR) is 52.1 cm³/mol. The molecule has 1 aromatic heterocycles. The molecule has 1 aromatic rings. The zero-order valence-electron chi connectivity index (χ0n) is 7.20. The summed E-state index contributed by atoms with van der Waals surface area (Å²) in [7, 11) is 0. The molecule has 0 aliphatic carbocycles. The van der Waals surface area contributed by atoms with Crippen LogP contribution in [0.5, 0.6) is 0 Å². The molecule has 0 saturated carbocycles. The Labute approximate surface area is 84.9 Å². The molecule has 1 amide bonds. The maximum atomic E-state index is 11.3. The van der Waals surface area contributed by atoms with E-state index in [0.717, 1.165) is 0 Å². The van der Waals surface area contributed by atoms with Crippen molar-refractivity contribution in [1.82, 2.24) is 10.3 Å². The molecule has 0 radical (unpaired) electrons. The van der Waals surface area contributed by atoms with Gasteiger partial charge in [0, 0.05) is 24.2 Å². The van der Waals surface area contributed by atoms with E-state index < -0.39 is 0 Å². The molecule has 0 saturated heterocycles. The van der Waals surface area contributed by atoms with Gasteiger partial charge >= 0.3 is 0 Å². The number of hydrogen-bond donors (Lipinski definition) is 2. The van der Waals surface area contributed by atoms with Crippen LogP contribution in [0.15, 0.2) is 17.4 Å². The number of aromatic nitrogens is 1. The van der Waals surface area contributed by atoms with Crippen molar-refractivity contribution in [3.63, 3.8) is 0 Å². The van der Waals surface area contributed by atoms with Gasteiger partial charge in [0.15, 0.2) is 0 Å². The first-order valence-corrected chi connectivity index (χ1v) is 4.25. The van der Waals surface area contributed by atoms with Crippen molar-refractivity contribution in [3.8, 4) is 0 Å². The van der Waals surface area contributed by atoms with Crippen LogP contribution in [0.3, 0.4) is 0 Å². The SMILES string of the molecule is [N-]=[N+]=NCCNC(=O)c1cc(Cl)c[nH]1. The van der Waals surface area contributed by atoms with Crippen molar-refractivity contribution in [3.05, 3.63) is 33.4 Å². The van der Waals surface area contributed by atoms with Gasteiger partial charge in [-0.1, -0.05) is 16.7 Å². The quantitative estimate of drug-likeness (QED) is 0.339. The normalized spacial score (nSPS) is 9.21. The van der Waals surface area contributed by atoms with Crippen LogP contribution in [-0.2, 0) is 0 Å². The van der Waals surface area contributed by atoms with Crippen LogP contribution in [0.4, 0.5) is 0 Å². The molecule has 0 bridgehead atoms. The molecular formula is C7H8ClN5O. The molecular weight excluding hydrogens is 206 g/mol. The van der Waals surface area contributed by atoms with Crippen LogP contribution in [0.2, 0.25) is 5.02 Å². The minimum absolute atomic E-state index is 0.233. The Morgan fingerprint density at radius 1 is 1.79 bits per heavy atom. The number of nitrogens with zero attached hydrogens (tertiary/aromatic N) is 3. The maximum absolute atomic E-state index is 11.3. The molecule has 0 aliphatic heterocycles. The van der Waals surface area contributed by atoms with E-state index in [0.29, 0.717) is 17.3 Å². The molecule has 0 atom stereocenters. The Hall–Kier alpha value is -1.65. The summed E-state index contributed by atoms with van der Waals surface area (Å²) < 4.78 is 0. The van der Waals surface area contributed by atoms with Crippen LogP contribution in [0.1, 0.15) is 10.5 Å². The average molecular weight is 214 g/mol. The summed E-state index contributed by atoms with van der Waals surface area (Å²) in [6.45, 7) is 0.538. The van der Waals surface area contributed by atoms with Gasteiger partial charge in [-0.05, 0) is 11.6 Å². The first kappa shape index (κ1) is 10.4. The van der Waals surface area contributed by atoms with Crippen LogP contribution in [0.25, 0.3) is 10.4 Å². The summed E-state index contributed by atoms with van der Waals surface area (Å²) >= 11 is 5.61. The first-order chi connectivity index (χ1) is 6.74. The number of halogens is 1. The Bertz CT molecular complexity index is 368. The minimum atomic E-state index is -0.273. The monoisotopic (exact) mass is 213 g/mol. The molecule has 0 aliphatic rings. The van der Waals surface area contributed by atoms with Gasteiger partial charge in [-0.25, -0.2) is 0 Å². The lowest BCUT2D eigenvalue weighted by molar-refractivity contribution is 0.0950. The standard InChI is InChI=1S/C7H8ClN5O/c8-5-3-6(11-4-5)7(14)10-1-2-12-13-9/h3-4,11H,1-2H2,(H,10,14). The number of rotatable bonds is 4. The molecule has 0 aromatic carbocycles. The van der Waals surface area contributed by atoms with E-state index in [1.807, 2.05) is 0 Å². The van der Waals surface area contributed by atoms with Gasteiger partial charge in [-0.3, -0.25) is 4.79 Å². The van der Waals surface area contributed by atoms with E-state index in [2.05, 4.69) is 20.3 Å². The third-order valence-corrected chi connectivity index (χ3v) is 1.67. The molecule has 1 heterocycles. The predicted octanol–water partition coefficient (Wildman–Crippen LogP) is 1.71. The fraction of sp³-hybridized carbons (Fsp3) is 0.286. The molecule has 0 unspecified atom stereocenters. The number of hydrogen-bond acceptors (Lipinski definition) is 2. The second kappa shape index (κ2) is 5.16. The van der Waals surface area contributed by atoms with Crippen LogP contribution in [-0.4, -0.2) is 24.0 Å². The van der Waals surface area contributed by atoms with Gasteiger partial charge < -0.3 is 10.3 Å². The van der Waals surface area contributed by atoms with Gasteiger partial charge in [-0.2, -0.15) is 0 Å². The molecule has 7 heteroatoms. The summed E-state index contributed by atoms with van der Waals surface area (Å²) in [6, 6.07) is 1.52. The number of nitrogens with one attached hydrogen (secondary N) is 2. The topological polar surface area (TPSA) is 93.7 Å². The van der Waals surface area contributed by atoms with E-state index in [4.69, 9.17) is 17.1 Å². The van der Waals surface area contributed by atoms with Crippen molar-refractivity contribution in [2.75, 3.05) is 13.1 Å². The zero-order chi connectivity index (χ0) is 10.4. The summed E-state index contributed by atoms with van der Waals surface area (Å²) in [4.78, 5) is 16.5. The Balaban J connectivity index is 2.39. The van der Waals surface area contributed by atoms with Gasteiger partial charge in [0.1, 0.15) is 5.69 Å². The zero-order valence-corrected chi connectivity index (χ0v) is 7.95. The molecule has 74 valence electrons. The number of aromatic amines is 1. The van der Waals surface area contributed by atoms with Crippen molar-refractivity contribution >= 4 is 17.5 Å². The van der Waals surface area contributed by atoms with Gasteiger partial charge in [0.2, 0.25) is 0 Å². The highest BCUT2D eigenvalue weighted by Crippen LogP contribution is 2.08. The molecule has 14 heavy (non-hydrogen) atoms. The Kier molecular flexibility index (Phi) is 3.84. The number of H-pyrrole nitrogens is 1. The first-order valence-electron chi connectivity index (χ1n) is 3.87. The van der Waals surface area contributed by atoms with Gasteiger partial charge in [0.25, 0.3) is 5.91 Å². The Morgan fingerprint density at radius 3 is 3.14 bits per heavy atom. The highest BCUT2D eigenvalue weighted by atomic mass is 35.5. The largest absolute Gasteiger partial charge is 0.356 e. The van der Waals surface area contributed by atoms with Crippen LogP contribution in [0, 0.1) is 0 Å². The van der Waals surface area contributed by atoms with Gasteiger partial charge in [-0.15, -0.1) is 0 Å². The smallest absolute Gasteiger partial charge is 0.267 e. The fourth-order valence-corrected chi connectivity index (χ4v) is 1.02. The molecule has 1 rings (SSSR count). The summed E-state index contributed by atoms with van der Waals surface area (Å²) in [5, 5.41) is 6.30. The van der Waals surface area contributed by atoms with Crippen LogP contribution >= 0.6 is 11.6 Å². The minimum Gasteiger partial charge on any atom is -0.356 e. The van der Waals surface area contributed by atoms with Crippen molar-refractivity contribution in [1.29, 1.82) is 0 Å². The molecule has 2 N–H and O–H groups in total. The number of azide groups is 1. The Morgan fingerprint density at radius 2 is 2.57 bits per heavy atom. The van der Waals surface area contributed by atoms with Crippen molar-refractivity contribution in [2.24, 2.45) is 5.11 Å². The summed E-state index contributed by atoms with van der Waals surface area (Å²) in [5.41, 5.74) is 8.36. The molecule has 0 spiro atoms. The van der Waals surface area contributed by atoms with E-state index in [-0.39, 0.29) is 12.5 Å². The third-order valence-electron chi connectivity index (χ3n) is 1.45. The number of carbonyl (C=O) groups excluding carboxylic acids is 1. The third kappa shape index (κ3) is 3.01. The fourth-order valence-electron chi connectivity index (χ4n) is 0.858. The van der Waals surface area contributed by atoms with E-state index in [1.54, 1.807) is 0 Å². The van der Waals surface area contributed by atoms with Crippen molar-refractivity contribution < 1.29 is 4.79 Å². The average Bonchev–Trinajstić information content (AvgIpc) is 2.59. The van der Waals surface area contributed by atoms with Gasteiger partial charge in [0.05, 0.1) is 5.02 Å². The summed E-state index contributed by atoms with van der Waals surface area (Å²) in [5.74, 6) is -0.273. The molecule has 0 fully saturated rings. The van der Waals surface area contributed by atoms with E-state index >= 15 is 0 Å². The lowest BCUT2D eigenvalue weighted by Gasteiger charge is -1.99. The lowest BCUT2D eigenvalue weighted by atomic mass is 10.4. The lowest BCUT2D eigenvalue weighted by Crippen LogP contribution is -2.26. The maximum Gasteiger partial charge on any atom is 0.267 e. The van der Waals surface area contributed by atoms with E-state index in [1.165, 1.54) is 12.3 Å². The van der Waals surface area contributed by atoms with E-state index in [9.17, 15) is 4.79 Å². The van der Waals surface area contributed by atoms with Crippen LogP contribution < -0.4 is 5.32 Å².